The van der Waals surface area contributed by atoms with Crippen LogP contribution in [0.3, 0.4) is 0 Å². The average molecular weight is 346 g/mol. The number of carbonyl (C=O) groups is 1. The lowest BCUT2D eigenvalue weighted by molar-refractivity contribution is -0.117. The molecule has 0 spiro atoms. The van der Waals surface area contributed by atoms with Gasteiger partial charge in [0.2, 0.25) is 5.91 Å². The van der Waals surface area contributed by atoms with Crippen molar-refractivity contribution in [2.24, 2.45) is 0 Å². The minimum atomic E-state index is -0.102. The zero-order valence-electron chi connectivity index (χ0n) is 14.4. The topological polar surface area (TPSA) is 46.9 Å². The summed E-state index contributed by atoms with van der Waals surface area (Å²) in [5, 5.41) is 8.00. The highest BCUT2D eigenvalue weighted by Crippen LogP contribution is 2.22. The van der Waals surface area contributed by atoms with Crippen LogP contribution < -0.4 is 5.32 Å². The zero-order chi connectivity index (χ0) is 17.5. The second-order valence-electron chi connectivity index (χ2n) is 5.79. The average Bonchev–Trinajstić information content (AvgIpc) is 2.85. The molecule has 0 saturated heterocycles. The second kappa shape index (κ2) is 8.69. The Morgan fingerprint density at radius 1 is 1.29 bits per heavy atom. The van der Waals surface area contributed by atoms with Gasteiger partial charge < -0.3 is 5.32 Å². The Morgan fingerprint density at radius 3 is 2.58 bits per heavy atom. The molecule has 0 atom stereocenters. The molecule has 2 aromatic rings. The molecule has 4 nitrogen and oxygen atoms in total. The van der Waals surface area contributed by atoms with E-state index in [4.69, 9.17) is 11.6 Å². The normalized spacial score (nSPS) is 11.4. The number of benzene rings is 1. The fourth-order valence-electron chi connectivity index (χ4n) is 2.52. The fourth-order valence-corrected chi connectivity index (χ4v) is 2.82. The molecule has 0 aliphatic carbocycles. The van der Waals surface area contributed by atoms with E-state index in [9.17, 15) is 4.79 Å². The molecule has 5 heteroatoms. The van der Waals surface area contributed by atoms with Gasteiger partial charge in [0.05, 0.1) is 12.2 Å². The highest BCUT2D eigenvalue weighted by atomic mass is 35.5. The number of carbonyl (C=O) groups excluding carboxylic acids is 1. The van der Waals surface area contributed by atoms with Gasteiger partial charge in [0.15, 0.2) is 0 Å². The first kappa shape index (κ1) is 18.3. The molecule has 0 radical (unpaired) electrons. The van der Waals surface area contributed by atoms with Gasteiger partial charge in [-0.05, 0) is 31.4 Å². The summed E-state index contributed by atoms with van der Waals surface area (Å²) in [5.74, 6) is -0.102. The maximum Gasteiger partial charge on any atom is 0.244 e. The van der Waals surface area contributed by atoms with Crippen LogP contribution in [0.1, 0.15) is 43.5 Å². The van der Waals surface area contributed by atoms with Crippen molar-refractivity contribution >= 4 is 23.6 Å². The number of rotatable bonds is 7. The molecule has 2 rings (SSSR count). The molecular formula is C19H24ClN3O. The van der Waals surface area contributed by atoms with E-state index in [1.807, 2.05) is 37.3 Å². The summed E-state index contributed by atoms with van der Waals surface area (Å²) >= 11 is 6.44. The summed E-state index contributed by atoms with van der Waals surface area (Å²) in [4.78, 5) is 12.0. The van der Waals surface area contributed by atoms with Gasteiger partial charge in [-0.3, -0.25) is 4.79 Å². The van der Waals surface area contributed by atoms with Gasteiger partial charge in [0.1, 0.15) is 5.15 Å². The van der Waals surface area contributed by atoms with E-state index in [2.05, 4.69) is 24.3 Å². The lowest BCUT2D eigenvalue weighted by Crippen LogP contribution is -2.32. The van der Waals surface area contributed by atoms with E-state index in [1.165, 1.54) is 6.08 Å². The van der Waals surface area contributed by atoms with Gasteiger partial charge in [-0.1, -0.05) is 55.8 Å². The van der Waals surface area contributed by atoms with Crippen LogP contribution in [0, 0.1) is 6.92 Å². The molecule has 0 unspecified atom stereocenters. The molecule has 1 aromatic carbocycles. The maximum atomic E-state index is 12.0. The Balaban J connectivity index is 2.11. The Morgan fingerprint density at radius 2 is 1.96 bits per heavy atom. The Kier molecular flexibility index (Phi) is 6.62. The lowest BCUT2D eigenvalue weighted by atomic mass is 10.1. The minimum Gasteiger partial charge on any atom is -0.350 e. The molecule has 24 heavy (non-hydrogen) atoms. The predicted octanol–water partition coefficient (Wildman–Crippen LogP) is 4.21. The van der Waals surface area contributed by atoms with Crippen LogP contribution in [0.2, 0.25) is 5.15 Å². The summed E-state index contributed by atoms with van der Waals surface area (Å²) in [6, 6.07) is 10.2. The fraction of sp³-hybridized carbons (Fsp3) is 0.368. The van der Waals surface area contributed by atoms with Crippen molar-refractivity contribution in [3.63, 3.8) is 0 Å². The van der Waals surface area contributed by atoms with Crippen LogP contribution in [-0.4, -0.2) is 21.7 Å². The summed E-state index contributed by atoms with van der Waals surface area (Å²) in [7, 11) is 0. The van der Waals surface area contributed by atoms with Crippen molar-refractivity contribution in [2.45, 2.75) is 46.2 Å². The molecule has 1 heterocycles. The molecule has 1 amide bonds. The largest absolute Gasteiger partial charge is 0.350 e. The second-order valence-corrected chi connectivity index (χ2v) is 6.15. The van der Waals surface area contributed by atoms with E-state index in [1.54, 1.807) is 10.8 Å². The van der Waals surface area contributed by atoms with E-state index >= 15 is 0 Å². The summed E-state index contributed by atoms with van der Waals surface area (Å²) < 4.78 is 1.75. The molecule has 0 aliphatic rings. The van der Waals surface area contributed by atoms with Gasteiger partial charge in [0.25, 0.3) is 0 Å². The van der Waals surface area contributed by atoms with Crippen molar-refractivity contribution in [3.8, 4) is 0 Å². The van der Waals surface area contributed by atoms with Gasteiger partial charge in [-0.2, -0.15) is 5.10 Å². The van der Waals surface area contributed by atoms with Crippen LogP contribution >= 0.6 is 11.6 Å². The van der Waals surface area contributed by atoms with E-state index in [0.717, 1.165) is 29.7 Å². The molecular weight excluding hydrogens is 322 g/mol. The maximum absolute atomic E-state index is 12.0. The standard InChI is InChI=1S/C19H24ClN3O/c1-4-16(5-2)21-18(24)12-11-17-14(3)22-23(19(17)20)13-15-9-7-6-8-10-15/h6-12,16H,4-5,13H2,1-3H3,(H,21,24)/b12-11+. The van der Waals surface area contributed by atoms with Crippen molar-refractivity contribution in [3.05, 3.63) is 58.4 Å². The van der Waals surface area contributed by atoms with E-state index in [-0.39, 0.29) is 11.9 Å². The van der Waals surface area contributed by atoms with Crippen molar-refractivity contribution < 1.29 is 4.79 Å². The van der Waals surface area contributed by atoms with Crippen LogP contribution in [0.15, 0.2) is 36.4 Å². The Bertz CT molecular complexity index is 703. The van der Waals surface area contributed by atoms with Crippen molar-refractivity contribution in [1.29, 1.82) is 0 Å². The molecule has 0 bridgehead atoms. The summed E-state index contributed by atoms with van der Waals surface area (Å²) in [6.45, 7) is 6.62. The number of hydrogen-bond acceptors (Lipinski definition) is 2. The number of aromatic nitrogens is 2. The van der Waals surface area contributed by atoms with Crippen LogP contribution in [0.25, 0.3) is 6.08 Å². The SMILES string of the molecule is CCC(CC)NC(=O)/C=C/c1c(C)nn(Cc2ccccc2)c1Cl. The number of halogens is 1. The first-order valence-corrected chi connectivity index (χ1v) is 8.68. The number of aryl methyl sites for hydroxylation is 1. The smallest absolute Gasteiger partial charge is 0.244 e. The molecule has 0 aliphatic heterocycles. The van der Waals surface area contributed by atoms with Crippen LogP contribution in [-0.2, 0) is 11.3 Å². The van der Waals surface area contributed by atoms with Crippen LogP contribution in [0.4, 0.5) is 0 Å². The molecule has 0 fully saturated rings. The highest BCUT2D eigenvalue weighted by Gasteiger charge is 2.12. The van der Waals surface area contributed by atoms with Gasteiger partial charge in [-0.15, -0.1) is 0 Å². The number of nitrogens with one attached hydrogen (secondary N) is 1. The molecule has 0 saturated carbocycles. The lowest BCUT2D eigenvalue weighted by Gasteiger charge is -2.12. The highest BCUT2D eigenvalue weighted by molar-refractivity contribution is 6.31. The quantitative estimate of drug-likeness (QED) is 0.764. The summed E-state index contributed by atoms with van der Waals surface area (Å²) in [6.07, 6.45) is 5.11. The molecule has 1 aromatic heterocycles. The van der Waals surface area contributed by atoms with Crippen molar-refractivity contribution in [1.82, 2.24) is 15.1 Å². The van der Waals surface area contributed by atoms with Crippen LogP contribution in [0.5, 0.6) is 0 Å². The first-order chi connectivity index (χ1) is 11.5. The van der Waals surface area contributed by atoms with Gasteiger partial charge in [-0.25, -0.2) is 4.68 Å². The third-order valence-corrected chi connectivity index (χ3v) is 4.42. The summed E-state index contributed by atoms with van der Waals surface area (Å²) in [5.41, 5.74) is 2.72. The van der Waals surface area contributed by atoms with Gasteiger partial charge in [0, 0.05) is 17.7 Å². The Labute approximate surface area is 148 Å². The van der Waals surface area contributed by atoms with E-state index < -0.39 is 0 Å². The van der Waals surface area contributed by atoms with E-state index in [0.29, 0.717) is 11.7 Å². The number of hydrogen-bond donors (Lipinski definition) is 1. The monoisotopic (exact) mass is 345 g/mol. The Hall–Kier alpha value is -2.07. The third-order valence-electron chi connectivity index (χ3n) is 4.02. The molecule has 128 valence electrons. The minimum absolute atomic E-state index is 0.102. The van der Waals surface area contributed by atoms with Gasteiger partial charge >= 0.3 is 0 Å². The molecule has 1 N–H and O–H groups in total. The zero-order valence-corrected chi connectivity index (χ0v) is 15.2. The predicted molar refractivity (Wildman–Crippen MR) is 99.1 cm³/mol. The number of amides is 1. The third kappa shape index (κ3) is 4.71. The van der Waals surface area contributed by atoms with Crippen molar-refractivity contribution in [2.75, 3.05) is 0 Å². The number of nitrogens with zero attached hydrogens (tertiary/aromatic N) is 2. The first-order valence-electron chi connectivity index (χ1n) is 8.30.